The molecule has 3 unspecified atom stereocenters. The summed E-state index contributed by atoms with van der Waals surface area (Å²) in [7, 11) is 0. The number of nitrogens with one attached hydrogen (secondary N) is 3. The summed E-state index contributed by atoms with van der Waals surface area (Å²) in [6.07, 6.45) is 6.39. The number of aryl methyl sites for hydroxylation is 3. The average Bonchev–Trinajstić information content (AvgIpc) is 3.75. The molecule has 3 atom stereocenters. The predicted molar refractivity (Wildman–Crippen MR) is 202 cm³/mol. The monoisotopic (exact) mass is 692 g/mol. The molecular weight excluding hydrogens is 644 g/mol. The van der Waals surface area contributed by atoms with E-state index >= 15 is 0 Å². The van der Waals surface area contributed by atoms with Crippen LogP contribution in [0, 0.1) is 13.8 Å². The number of fused-ring (bicyclic) bond motifs is 8. The SMILES string of the molecule is C=CC1=C(C)c2cc3[nH]c(cc4nc(cc5[nH]c(cc1n2)c(C)c5CCC(=O)NCCCCC(N)C(=O)O)C(CCC(=O)O)C4C)c(C)c3C=C. The highest BCUT2D eigenvalue weighted by Crippen LogP contribution is 2.40. The molecule has 3 aromatic heterocycles. The Morgan fingerprint density at radius 2 is 1.59 bits per heavy atom. The van der Waals surface area contributed by atoms with Gasteiger partial charge in [-0.15, -0.1) is 0 Å². The van der Waals surface area contributed by atoms with E-state index in [1.54, 1.807) is 0 Å². The van der Waals surface area contributed by atoms with E-state index in [9.17, 15) is 19.5 Å². The molecule has 0 saturated heterocycles. The number of hydrogen-bond acceptors (Lipinski definition) is 6. The molecular formula is C40H48N6O5. The number of H-pyrrole nitrogens is 2. The summed E-state index contributed by atoms with van der Waals surface area (Å²) < 4.78 is 0. The minimum Gasteiger partial charge on any atom is -0.481 e. The van der Waals surface area contributed by atoms with Gasteiger partial charge in [-0.1, -0.05) is 32.2 Å². The highest BCUT2D eigenvalue weighted by Gasteiger charge is 2.29. The van der Waals surface area contributed by atoms with Gasteiger partial charge in [0.2, 0.25) is 5.91 Å². The number of aliphatic carboxylic acids is 2. The maximum atomic E-state index is 13.0. The molecule has 11 heteroatoms. The normalized spacial score (nSPS) is 16.2. The summed E-state index contributed by atoms with van der Waals surface area (Å²) in [5, 5.41) is 21.5. The molecule has 0 fully saturated rings. The Hall–Kier alpha value is -5.29. The Bertz CT molecular complexity index is 2090. The minimum absolute atomic E-state index is 0.0168. The molecule has 2 aliphatic heterocycles. The lowest BCUT2D eigenvalue weighted by Crippen LogP contribution is -2.30. The quantitative estimate of drug-likeness (QED) is 0.0968. The van der Waals surface area contributed by atoms with E-state index < -0.39 is 18.0 Å². The number of carboxylic acids is 2. The van der Waals surface area contributed by atoms with E-state index in [4.69, 9.17) is 20.8 Å². The second-order valence-corrected chi connectivity index (χ2v) is 13.5. The third kappa shape index (κ3) is 8.04. The smallest absolute Gasteiger partial charge is 0.320 e. The number of hydrogen-bond donors (Lipinski definition) is 6. The minimum atomic E-state index is -1.03. The topological polar surface area (TPSA) is 187 Å². The van der Waals surface area contributed by atoms with Crippen LogP contribution in [0.4, 0.5) is 0 Å². The van der Waals surface area contributed by atoms with Gasteiger partial charge in [0.1, 0.15) is 6.04 Å². The van der Waals surface area contributed by atoms with Gasteiger partial charge in [0.15, 0.2) is 0 Å². The Balaban J connectivity index is 1.63. The van der Waals surface area contributed by atoms with E-state index in [-0.39, 0.29) is 30.6 Å². The lowest BCUT2D eigenvalue weighted by molar-refractivity contribution is -0.139. The standard InChI is InChI=1S/C40H48N6O5/c1-7-25-21(3)30-17-31-24(6)28(13-15-39(48)49)37(45-31)20-36-27(12-14-38(47)42-16-10-9-11-29(41)40(50)51)23(5)33(46-36)19-35-26(8-2)22(4)32(44-35)18-34(25)43-30/h7-8,17-20,24,28-29,43,46H,1-2,9-16,41H2,3-6H3,(H,42,47)(H,48,49)(H,50,51). The van der Waals surface area contributed by atoms with Gasteiger partial charge in [0.25, 0.3) is 0 Å². The Morgan fingerprint density at radius 3 is 2.27 bits per heavy atom. The summed E-state index contributed by atoms with van der Waals surface area (Å²) in [6, 6.07) is 7.21. The number of allylic oxidation sites excluding steroid dienone is 3. The van der Waals surface area contributed by atoms with Crippen LogP contribution in [0.15, 0.2) is 43.5 Å². The van der Waals surface area contributed by atoms with Crippen LogP contribution in [0.2, 0.25) is 0 Å². The van der Waals surface area contributed by atoms with Gasteiger partial charge in [-0.25, -0.2) is 4.98 Å². The largest absolute Gasteiger partial charge is 0.481 e. The van der Waals surface area contributed by atoms with Crippen molar-refractivity contribution in [1.29, 1.82) is 0 Å². The van der Waals surface area contributed by atoms with Crippen LogP contribution in [0.3, 0.4) is 0 Å². The van der Waals surface area contributed by atoms with Crippen molar-refractivity contribution in [3.8, 4) is 0 Å². The summed E-state index contributed by atoms with van der Waals surface area (Å²) in [5.74, 6) is -2.15. The zero-order chi connectivity index (χ0) is 37.0. The molecule has 268 valence electrons. The highest BCUT2D eigenvalue weighted by atomic mass is 16.4. The summed E-state index contributed by atoms with van der Waals surface area (Å²) in [6.45, 7) is 16.8. The zero-order valence-electron chi connectivity index (χ0n) is 29.9. The number of rotatable bonds is 14. The lowest BCUT2D eigenvalue weighted by Gasteiger charge is -2.14. The molecule has 1 amide bonds. The van der Waals surface area contributed by atoms with Crippen LogP contribution in [0.1, 0.15) is 109 Å². The number of unbranched alkanes of at least 4 members (excludes halogenated alkanes) is 1. The number of carbonyl (C=O) groups excluding carboxylic acids is 1. The summed E-state index contributed by atoms with van der Waals surface area (Å²) >= 11 is 0. The van der Waals surface area contributed by atoms with Crippen LogP contribution in [0.25, 0.3) is 39.3 Å². The third-order valence-electron chi connectivity index (χ3n) is 10.2. The van der Waals surface area contributed by atoms with E-state index in [2.05, 4.69) is 41.4 Å². The van der Waals surface area contributed by atoms with Crippen molar-refractivity contribution in [2.24, 2.45) is 5.73 Å². The molecule has 0 aromatic carbocycles. The van der Waals surface area contributed by atoms with Crippen LogP contribution in [-0.4, -0.2) is 60.6 Å². The number of nitrogens with zero attached hydrogens (tertiary/aromatic N) is 2. The first-order valence-electron chi connectivity index (χ1n) is 17.5. The van der Waals surface area contributed by atoms with Crippen LogP contribution in [-0.2, 0) is 20.8 Å². The average molecular weight is 693 g/mol. The maximum absolute atomic E-state index is 13.0. The van der Waals surface area contributed by atoms with Crippen molar-refractivity contribution in [3.05, 3.63) is 88.5 Å². The van der Waals surface area contributed by atoms with Crippen molar-refractivity contribution < 1.29 is 24.6 Å². The lowest BCUT2D eigenvalue weighted by atomic mass is 9.87. The first-order valence-corrected chi connectivity index (χ1v) is 17.5. The van der Waals surface area contributed by atoms with Gasteiger partial charge in [0, 0.05) is 75.8 Å². The van der Waals surface area contributed by atoms with Crippen molar-refractivity contribution in [1.82, 2.24) is 25.3 Å². The third-order valence-corrected chi connectivity index (χ3v) is 10.2. The first kappa shape index (κ1) is 37.0. The molecule has 11 nitrogen and oxygen atoms in total. The number of carboxylic acid groups (broad SMARTS) is 2. The van der Waals surface area contributed by atoms with Crippen molar-refractivity contribution in [2.45, 2.75) is 90.5 Å². The van der Waals surface area contributed by atoms with Crippen molar-refractivity contribution in [3.63, 3.8) is 0 Å². The number of nitrogens with two attached hydrogens (primary N) is 1. The Morgan fingerprint density at radius 1 is 0.902 bits per heavy atom. The van der Waals surface area contributed by atoms with Crippen LogP contribution < -0.4 is 11.1 Å². The molecule has 51 heavy (non-hydrogen) atoms. The van der Waals surface area contributed by atoms with Crippen LogP contribution >= 0.6 is 0 Å². The molecule has 7 N–H and O–H groups in total. The molecule has 3 aromatic rings. The molecule has 0 spiro atoms. The summed E-state index contributed by atoms with van der Waals surface area (Å²) in [4.78, 5) is 52.9. The van der Waals surface area contributed by atoms with Gasteiger partial charge in [-0.2, -0.15) is 0 Å². The fourth-order valence-corrected chi connectivity index (χ4v) is 7.07. The molecule has 5 rings (SSSR count). The predicted octanol–water partition coefficient (Wildman–Crippen LogP) is 7.07. The highest BCUT2D eigenvalue weighted by molar-refractivity contribution is 5.97. The van der Waals surface area contributed by atoms with Crippen molar-refractivity contribution >= 4 is 57.1 Å². The zero-order valence-corrected chi connectivity index (χ0v) is 29.9. The number of aromatic nitrogens is 4. The molecule has 5 heterocycles. The van der Waals surface area contributed by atoms with Gasteiger partial charge in [-0.05, 0) is 99.4 Å². The van der Waals surface area contributed by atoms with Gasteiger partial charge < -0.3 is 31.2 Å². The van der Waals surface area contributed by atoms with Crippen LogP contribution in [0.5, 0.6) is 0 Å². The first-order chi connectivity index (χ1) is 24.3. The van der Waals surface area contributed by atoms with E-state index in [1.165, 1.54) is 0 Å². The van der Waals surface area contributed by atoms with Crippen molar-refractivity contribution in [2.75, 3.05) is 6.54 Å². The molecule has 0 radical (unpaired) electrons. The number of carbonyl (C=O) groups is 3. The van der Waals surface area contributed by atoms with E-state index in [1.807, 2.05) is 51.1 Å². The van der Waals surface area contributed by atoms with Gasteiger partial charge >= 0.3 is 11.9 Å². The Kier molecular flexibility index (Phi) is 11.4. The second-order valence-electron chi connectivity index (χ2n) is 13.5. The molecule has 2 aliphatic rings. The fraction of sp³-hybridized carbons (Fsp3) is 0.375. The summed E-state index contributed by atoms with van der Waals surface area (Å²) in [5.41, 5.74) is 18.1. The van der Waals surface area contributed by atoms with E-state index in [0.29, 0.717) is 38.6 Å². The maximum Gasteiger partial charge on any atom is 0.320 e. The Labute approximate surface area is 297 Å². The molecule has 0 saturated carbocycles. The number of aromatic amines is 2. The molecule has 0 aliphatic carbocycles. The van der Waals surface area contributed by atoms with Gasteiger partial charge in [0.05, 0.1) is 11.4 Å². The molecule has 8 bridgehead atoms. The van der Waals surface area contributed by atoms with E-state index in [0.717, 1.165) is 78.2 Å². The second kappa shape index (κ2) is 15.7. The van der Waals surface area contributed by atoms with Gasteiger partial charge in [-0.3, -0.25) is 19.4 Å². The fourth-order valence-electron chi connectivity index (χ4n) is 7.07. The number of amides is 1.